The van der Waals surface area contributed by atoms with E-state index in [1.54, 1.807) is 18.3 Å². The van der Waals surface area contributed by atoms with Crippen LogP contribution in [0.3, 0.4) is 0 Å². The van der Waals surface area contributed by atoms with E-state index in [0.29, 0.717) is 10.0 Å². The van der Waals surface area contributed by atoms with Crippen molar-refractivity contribution in [3.8, 4) is 10.6 Å². The normalized spacial score (nSPS) is 11.7. The van der Waals surface area contributed by atoms with Crippen LogP contribution in [0.15, 0.2) is 52.2 Å². The predicted octanol–water partition coefficient (Wildman–Crippen LogP) is 3.78. The van der Waals surface area contributed by atoms with Gasteiger partial charge in [-0.3, -0.25) is 4.79 Å². The SMILES string of the molecule is CN(CC(=O)Nc1ccc(-c2nccs2)cc1)S(=O)(=O)c1ccc(Cl)s1. The molecule has 136 valence electrons. The molecule has 0 saturated heterocycles. The van der Waals surface area contributed by atoms with Gasteiger partial charge in [0.1, 0.15) is 9.22 Å². The van der Waals surface area contributed by atoms with Crippen molar-refractivity contribution >= 4 is 55.9 Å². The smallest absolute Gasteiger partial charge is 0.252 e. The second-order valence-corrected chi connectivity index (χ2v) is 10.2. The first-order valence-corrected chi connectivity index (χ1v) is 10.9. The molecule has 0 aliphatic rings. The predicted molar refractivity (Wildman–Crippen MR) is 105 cm³/mol. The summed E-state index contributed by atoms with van der Waals surface area (Å²) in [7, 11) is -2.39. The third-order valence-corrected chi connectivity index (χ3v) is 7.75. The molecule has 1 aromatic carbocycles. The number of likely N-dealkylation sites (N-methyl/N-ethyl adjacent to an activating group) is 1. The number of hydrogen-bond donors (Lipinski definition) is 1. The Balaban J connectivity index is 1.63. The van der Waals surface area contributed by atoms with E-state index >= 15 is 0 Å². The van der Waals surface area contributed by atoms with Crippen molar-refractivity contribution in [2.45, 2.75) is 4.21 Å². The van der Waals surface area contributed by atoms with E-state index in [1.807, 2.05) is 17.5 Å². The van der Waals surface area contributed by atoms with Gasteiger partial charge in [-0.15, -0.1) is 22.7 Å². The molecule has 2 aromatic heterocycles. The summed E-state index contributed by atoms with van der Waals surface area (Å²) in [6, 6.07) is 10.1. The first kappa shape index (κ1) is 19.0. The van der Waals surface area contributed by atoms with Gasteiger partial charge in [-0.2, -0.15) is 4.31 Å². The van der Waals surface area contributed by atoms with E-state index in [4.69, 9.17) is 11.6 Å². The summed E-state index contributed by atoms with van der Waals surface area (Å²) < 4.78 is 26.3. The number of anilines is 1. The Kier molecular flexibility index (Phi) is 5.73. The van der Waals surface area contributed by atoms with Gasteiger partial charge in [-0.25, -0.2) is 13.4 Å². The van der Waals surface area contributed by atoms with Crippen molar-refractivity contribution in [1.29, 1.82) is 0 Å². The van der Waals surface area contributed by atoms with Crippen LogP contribution in [-0.4, -0.2) is 37.2 Å². The number of halogens is 1. The zero-order valence-corrected chi connectivity index (χ0v) is 16.8. The van der Waals surface area contributed by atoms with Crippen molar-refractivity contribution in [3.63, 3.8) is 0 Å². The van der Waals surface area contributed by atoms with Gasteiger partial charge in [-0.1, -0.05) is 11.6 Å². The fourth-order valence-corrected chi connectivity index (χ4v) is 5.60. The highest BCUT2D eigenvalue weighted by Gasteiger charge is 2.24. The van der Waals surface area contributed by atoms with E-state index in [2.05, 4.69) is 10.3 Å². The van der Waals surface area contributed by atoms with Crippen LogP contribution in [0.2, 0.25) is 4.34 Å². The Labute approximate surface area is 164 Å². The number of carbonyl (C=O) groups is 1. The average Bonchev–Trinajstić information content (AvgIpc) is 3.27. The molecular weight excluding hydrogens is 414 g/mol. The molecule has 0 radical (unpaired) electrons. The van der Waals surface area contributed by atoms with Crippen LogP contribution in [0.25, 0.3) is 10.6 Å². The maximum Gasteiger partial charge on any atom is 0.252 e. The van der Waals surface area contributed by atoms with Crippen molar-refractivity contribution in [2.24, 2.45) is 0 Å². The molecule has 3 aromatic rings. The number of thiazole rings is 1. The van der Waals surface area contributed by atoms with Crippen LogP contribution in [0, 0.1) is 0 Å². The first-order valence-electron chi connectivity index (χ1n) is 7.38. The van der Waals surface area contributed by atoms with Crippen LogP contribution in [0.1, 0.15) is 0 Å². The molecular formula is C16H14ClN3O3S3. The molecule has 3 rings (SSSR count). The topological polar surface area (TPSA) is 79.4 Å². The minimum Gasteiger partial charge on any atom is -0.325 e. The molecule has 0 atom stereocenters. The molecule has 0 fully saturated rings. The Morgan fingerprint density at radius 1 is 1.23 bits per heavy atom. The molecule has 26 heavy (non-hydrogen) atoms. The first-order chi connectivity index (χ1) is 12.4. The summed E-state index contributed by atoms with van der Waals surface area (Å²) in [4.78, 5) is 16.4. The van der Waals surface area contributed by atoms with Crippen LogP contribution in [0.5, 0.6) is 0 Å². The van der Waals surface area contributed by atoms with E-state index < -0.39 is 15.9 Å². The van der Waals surface area contributed by atoms with Gasteiger partial charge in [0.2, 0.25) is 5.91 Å². The second-order valence-electron chi connectivity index (χ2n) is 5.28. The maximum absolute atomic E-state index is 12.4. The van der Waals surface area contributed by atoms with E-state index in [0.717, 1.165) is 26.2 Å². The number of nitrogens with one attached hydrogen (secondary N) is 1. The summed E-state index contributed by atoms with van der Waals surface area (Å²) in [6.07, 6.45) is 1.73. The van der Waals surface area contributed by atoms with Gasteiger partial charge >= 0.3 is 0 Å². The fraction of sp³-hybridized carbons (Fsp3) is 0.125. The lowest BCUT2D eigenvalue weighted by molar-refractivity contribution is -0.116. The molecule has 10 heteroatoms. The maximum atomic E-state index is 12.4. The van der Waals surface area contributed by atoms with Crippen molar-refractivity contribution < 1.29 is 13.2 Å². The number of thiophene rings is 1. The Hall–Kier alpha value is -1.78. The molecule has 0 aliphatic carbocycles. The summed E-state index contributed by atoms with van der Waals surface area (Å²) in [5.41, 5.74) is 1.53. The molecule has 0 aliphatic heterocycles. The molecule has 1 amide bonds. The standard InChI is InChI=1S/C16H14ClN3O3S3/c1-20(26(22,23)15-7-6-13(17)25-15)10-14(21)19-12-4-2-11(3-5-12)16-18-8-9-24-16/h2-9H,10H2,1H3,(H,19,21). The number of sulfonamides is 1. The molecule has 2 heterocycles. The largest absolute Gasteiger partial charge is 0.325 e. The molecule has 0 unspecified atom stereocenters. The number of aromatic nitrogens is 1. The second kappa shape index (κ2) is 7.85. The minimum atomic E-state index is -3.74. The van der Waals surface area contributed by atoms with Gasteiger partial charge in [-0.05, 0) is 36.4 Å². The zero-order chi connectivity index (χ0) is 18.7. The third-order valence-electron chi connectivity index (χ3n) is 3.43. The van der Waals surface area contributed by atoms with Gasteiger partial charge < -0.3 is 5.32 Å². The van der Waals surface area contributed by atoms with Gasteiger partial charge in [0.05, 0.1) is 10.9 Å². The summed E-state index contributed by atoms with van der Waals surface area (Å²) in [5.74, 6) is -0.430. The van der Waals surface area contributed by atoms with Crippen LogP contribution in [-0.2, 0) is 14.8 Å². The van der Waals surface area contributed by atoms with Crippen LogP contribution in [0.4, 0.5) is 5.69 Å². The monoisotopic (exact) mass is 427 g/mol. The van der Waals surface area contributed by atoms with Crippen LogP contribution >= 0.6 is 34.3 Å². The van der Waals surface area contributed by atoms with Gasteiger partial charge in [0, 0.05) is 29.9 Å². The highest BCUT2D eigenvalue weighted by atomic mass is 35.5. The van der Waals surface area contributed by atoms with Crippen molar-refractivity contribution in [2.75, 3.05) is 18.9 Å². The summed E-state index contributed by atoms with van der Waals surface area (Å²) in [6.45, 7) is -0.300. The summed E-state index contributed by atoms with van der Waals surface area (Å²) >= 11 is 8.27. The number of nitrogens with zero attached hydrogens (tertiary/aromatic N) is 2. The van der Waals surface area contributed by atoms with Crippen LogP contribution < -0.4 is 5.32 Å². The highest BCUT2D eigenvalue weighted by molar-refractivity contribution is 7.91. The Morgan fingerprint density at radius 3 is 2.54 bits per heavy atom. The molecule has 0 spiro atoms. The number of hydrogen-bond acceptors (Lipinski definition) is 6. The number of carbonyl (C=O) groups excluding carboxylic acids is 1. The van der Waals surface area contributed by atoms with E-state index in [-0.39, 0.29) is 10.8 Å². The Bertz CT molecular complexity index is 999. The number of benzene rings is 1. The van der Waals surface area contributed by atoms with Crippen molar-refractivity contribution in [3.05, 3.63) is 52.3 Å². The summed E-state index contributed by atoms with van der Waals surface area (Å²) in [5, 5.41) is 5.47. The van der Waals surface area contributed by atoms with Crippen molar-refractivity contribution in [1.82, 2.24) is 9.29 Å². The molecule has 0 saturated carbocycles. The van der Waals surface area contributed by atoms with Gasteiger partial charge in [0.15, 0.2) is 0 Å². The lowest BCUT2D eigenvalue weighted by Crippen LogP contribution is -2.34. The average molecular weight is 428 g/mol. The molecule has 0 bridgehead atoms. The quantitative estimate of drug-likeness (QED) is 0.649. The van der Waals surface area contributed by atoms with E-state index in [1.165, 1.54) is 30.5 Å². The zero-order valence-electron chi connectivity index (χ0n) is 13.5. The molecule has 6 nitrogen and oxygen atoms in total. The van der Waals surface area contributed by atoms with Gasteiger partial charge in [0.25, 0.3) is 10.0 Å². The highest BCUT2D eigenvalue weighted by Crippen LogP contribution is 2.27. The lowest BCUT2D eigenvalue weighted by Gasteiger charge is -2.15. The Morgan fingerprint density at radius 2 is 1.96 bits per heavy atom. The fourth-order valence-electron chi connectivity index (χ4n) is 2.14. The third kappa shape index (κ3) is 4.30. The number of amides is 1. The molecule has 1 N–H and O–H groups in total. The lowest BCUT2D eigenvalue weighted by atomic mass is 10.2. The minimum absolute atomic E-state index is 0.102. The number of rotatable bonds is 6. The van der Waals surface area contributed by atoms with E-state index in [9.17, 15) is 13.2 Å².